The first-order valence-corrected chi connectivity index (χ1v) is 11.5. The van der Waals surface area contributed by atoms with Gasteiger partial charge in [-0.2, -0.15) is 4.57 Å². The van der Waals surface area contributed by atoms with E-state index in [2.05, 4.69) is 40.9 Å². The molecule has 1 aromatic heterocycles. The number of amides is 1. The third-order valence-electron chi connectivity index (χ3n) is 5.30. The lowest BCUT2D eigenvalue weighted by molar-refractivity contribution is -0.699. The Balaban J connectivity index is 1.89. The molecule has 7 nitrogen and oxygen atoms in total. The monoisotopic (exact) mass is 453 g/mol. The first-order chi connectivity index (χ1) is 16.1. The van der Waals surface area contributed by atoms with Gasteiger partial charge >= 0.3 is 0 Å². The molecular formula is C26H37N4O3+. The van der Waals surface area contributed by atoms with Gasteiger partial charge in [0.1, 0.15) is 6.54 Å². The second kappa shape index (κ2) is 14.9. The minimum atomic E-state index is -0.524. The summed E-state index contributed by atoms with van der Waals surface area (Å²) in [6.07, 6.45) is 10.2. The summed E-state index contributed by atoms with van der Waals surface area (Å²) in [7, 11) is 0. The van der Waals surface area contributed by atoms with Crippen LogP contribution in [0.2, 0.25) is 0 Å². The van der Waals surface area contributed by atoms with E-state index in [0.717, 1.165) is 36.3 Å². The molecule has 0 spiro atoms. The molecule has 2 rings (SSSR count). The van der Waals surface area contributed by atoms with Crippen LogP contribution in [-0.4, -0.2) is 55.0 Å². The van der Waals surface area contributed by atoms with Crippen molar-refractivity contribution >= 4 is 23.7 Å². The van der Waals surface area contributed by atoms with Gasteiger partial charge in [-0.1, -0.05) is 18.2 Å². The molecule has 178 valence electrons. The van der Waals surface area contributed by atoms with Crippen molar-refractivity contribution in [2.75, 3.05) is 37.7 Å². The summed E-state index contributed by atoms with van der Waals surface area (Å²) in [5.74, 6) is -0.132. The molecule has 0 aliphatic carbocycles. The number of pyridine rings is 1. The molecule has 2 aromatic rings. The van der Waals surface area contributed by atoms with Crippen LogP contribution in [0.5, 0.6) is 0 Å². The maximum Gasteiger partial charge on any atom is 0.237 e. The number of nitrogens with zero attached hydrogens (tertiary/aromatic N) is 2. The van der Waals surface area contributed by atoms with Crippen molar-refractivity contribution in [1.82, 2.24) is 5.32 Å². The number of aliphatic hydroxyl groups is 2. The van der Waals surface area contributed by atoms with Crippen LogP contribution < -0.4 is 20.5 Å². The number of aryl methyl sites for hydroxylation is 1. The highest BCUT2D eigenvalue weighted by Gasteiger charge is 2.11. The van der Waals surface area contributed by atoms with Gasteiger partial charge in [0.2, 0.25) is 11.6 Å². The second-order valence-electron chi connectivity index (χ2n) is 7.81. The Labute approximate surface area is 196 Å². The highest BCUT2D eigenvalue weighted by molar-refractivity contribution is 5.81. The minimum absolute atomic E-state index is 0.0465. The first-order valence-electron chi connectivity index (χ1n) is 11.5. The fraction of sp³-hybridized carbons (Fsp3) is 0.385. The van der Waals surface area contributed by atoms with Gasteiger partial charge in [-0.25, -0.2) is 0 Å². The van der Waals surface area contributed by atoms with Crippen molar-refractivity contribution in [2.24, 2.45) is 5.73 Å². The number of carbonyl (C=O) groups excluding carboxylic acids is 1. The summed E-state index contributed by atoms with van der Waals surface area (Å²) >= 11 is 0. The van der Waals surface area contributed by atoms with Crippen LogP contribution in [-0.2, 0) is 11.3 Å². The molecule has 0 radical (unpaired) electrons. The molecule has 1 heterocycles. The Morgan fingerprint density at radius 3 is 2.48 bits per heavy atom. The molecule has 33 heavy (non-hydrogen) atoms. The zero-order valence-electron chi connectivity index (χ0n) is 19.3. The Morgan fingerprint density at radius 2 is 1.82 bits per heavy atom. The number of aliphatic hydroxyl groups excluding tert-OH is 2. The zero-order chi connectivity index (χ0) is 23.9. The molecule has 0 aliphatic rings. The normalized spacial score (nSPS) is 12.0. The molecule has 0 saturated heterocycles. The summed E-state index contributed by atoms with van der Waals surface area (Å²) in [5, 5.41) is 21.3. The van der Waals surface area contributed by atoms with Gasteiger partial charge in [0, 0.05) is 50.0 Å². The van der Waals surface area contributed by atoms with Crippen LogP contribution in [0, 0.1) is 0 Å². The van der Waals surface area contributed by atoms with Gasteiger partial charge in [-0.05, 0) is 42.7 Å². The molecule has 5 N–H and O–H groups in total. The van der Waals surface area contributed by atoms with Crippen molar-refractivity contribution < 1.29 is 19.6 Å². The first kappa shape index (κ1) is 26.3. The molecule has 0 aliphatic heterocycles. The molecule has 1 amide bonds. The number of aromatic nitrogens is 1. The van der Waals surface area contributed by atoms with E-state index in [-0.39, 0.29) is 19.1 Å². The number of nitrogens with two attached hydrogens (primary N) is 1. The number of carbonyl (C=O) groups is 1. The standard InChI is InChI=1S/C26H36N4O3/c1-2-7-25(27)26(33)28-15-4-6-17-29-16-5-3-8-23(29)12-9-22-10-13-24(14-11-22)30(18-20-31)19-21-32/h2-3,5,8-14,16,25,31-32H,1,4,6-7,15,17-21,27H2/p+1. The van der Waals surface area contributed by atoms with Crippen LogP contribution in [0.25, 0.3) is 12.2 Å². The summed E-state index contributed by atoms with van der Waals surface area (Å²) in [6, 6.07) is 13.6. The number of hydrogen-bond acceptors (Lipinski definition) is 5. The topological polar surface area (TPSA) is 103 Å². The van der Waals surface area contributed by atoms with E-state index in [1.54, 1.807) is 6.08 Å². The quantitative estimate of drug-likeness (QED) is 0.187. The Kier molecular flexibility index (Phi) is 11.9. The van der Waals surface area contributed by atoms with Gasteiger partial charge in [0.05, 0.1) is 19.3 Å². The Hall–Kier alpha value is -3.00. The predicted molar refractivity (Wildman–Crippen MR) is 133 cm³/mol. The molecule has 1 atom stereocenters. The fourth-order valence-corrected chi connectivity index (χ4v) is 3.47. The number of hydrogen-bond donors (Lipinski definition) is 4. The third-order valence-corrected chi connectivity index (χ3v) is 5.30. The van der Waals surface area contributed by atoms with Gasteiger partial charge in [-0.3, -0.25) is 4.79 Å². The largest absolute Gasteiger partial charge is 0.395 e. The van der Waals surface area contributed by atoms with E-state index in [1.165, 1.54) is 0 Å². The molecule has 1 aromatic carbocycles. The zero-order valence-corrected chi connectivity index (χ0v) is 19.3. The van der Waals surface area contributed by atoms with Crippen LogP contribution in [0.15, 0.2) is 61.3 Å². The minimum Gasteiger partial charge on any atom is -0.395 e. The van der Waals surface area contributed by atoms with E-state index in [0.29, 0.717) is 26.1 Å². The molecule has 0 bridgehead atoms. The summed E-state index contributed by atoms with van der Waals surface area (Å²) < 4.78 is 2.19. The van der Waals surface area contributed by atoms with Crippen LogP contribution in [0.4, 0.5) is 5.69 Å². The lowest BCUT2D eigenvalue weighted by Crippen LogP contribution is -2.41. The van der Waals surface area contributed by atoms with E-state index in [9.17, 15) is 15.0 Å². The van der Waals surface area contributed by atoms with Crippen molar-refractivity contribution in [3.63, 3.8) is 0 Å². The second-order valence-corrected chi connectivity index (χ2v) is 7.81. The van der Waals surface area contributed by atoms with Crippen molar-refractivity contribution in [3.8, 4) is 0 Å². The van der Waals surface area contributed by atoms with Crippen molar-refractivity contribution in [2.45, 2.75) is 31.8 Å². The van der Waals surface area contributed by atoms with E-state index < -0.39 is 6.04 Å². The highest BCUT2D eigenvalue weighted by atomic mass is 16.3. The molecular weight excluding hydrogens is 416 g/mol. The smallest absolute Gasteiger partial charge is 0.237 e. The van der Waals surface area contributed by atoms with Gasteiger partial charge in [-0.15, -0.1) is 6.58 Å². The van der Waals surface area contributed by atoms with Gasteiger partial charge in [0.15, 0.2) is 6.20 Å². The molecule has 1 unspecified atom stereocenters. The van der Waals surface area contributed by atoms with E-state index in [4.69, 9.17) is 5.73 Å². The van der Waals surface area contributed by atoms with Crippen molar-refractivity contribution in [1.29, 1.82) is 0 Å². The van der Waals surface area contributed by atoms with E-state index in [1.807, 2.05) is 41.3 Å². The SMILES string of the molecule is C=CCC(N)C(=O)NCCCC[n+]1ccccc1/C=C/c1ccc(N(CCO)CCO)cc1. The van der Waals surface area contributed by atoms with Gasteiger partial charge < -0.3 is 26.2 Å². The van der Waals surface area contributed by atoms with E-state index >= 15 is 0 Å². The fourth-order valence-electron chi connectivity index (χ4n) is 3.47. The molecule has 7 heteroatoms. The van der Waals surface area contributed by atoms with Crippen molar-refractivity contribution in [3.05, 3.63) is 72.6 Å². The maximum atomic E-state index is 11.8. The Bertz CT molecular complexity index is 877. The number of anilines is 1. The molecule has 0 fully saturated rings. The lowest BCUT2D eigenvalue weighted by Gasteiger charge is -2.22. The number of unbranched alkanes of at least 4 members (excludes halogenated alkanes) is 1. The van der Waals surface area contributed by atoms with Crippen LogP contribution in [0.3, 0.4) is 0 Å². The predicted octanol–water partition coefficient (Wildman–Crippen LogP) is 1.74. The third kappa shape index (κ3) is 9.18. The van der Waals surface area contributed by atoms with Gasteiger partial charge in [0.25, 0.3) is 0 Å². The summed E-state index contributed by atoms with van der Waals surface area (Å²) in [4.78, 5) is 13.8. The highest BCUT2D eigenvalue weighted by Crippen LogP contribution is 2.16. The lowest BCUT2D eigenvalue weighted by atomic mass is 10.1. The summed E-state index contributed by atoms with van der Waals surface area (Å²) in [6.45, 7) is 6.14. The maximum absolute atomic E-state index is 11.8. The van der Waals surface area contributed by atoms with Crippen LogP contribution >= 0.6 is 0 Å². The average molecular weight is 454 g/mol. The number of rotatable bonds is 15. The average Bonchev–Trinajstić information content (AvgIpc) is 2.83. The number of benzene rings is 1. The summed E-state index contributed by atoms with van der Waals surface area (Å²) in [5.41, 5.74) is 8.91. The van der Waals surface area contributed by atoms with Crippen LogP contribution in [0.1, 0.15) is 30.5 Å². The molecule has 0 saturated carbocycles. The Morgan fingerprint density at radius 1 is 1.09 bits per heavy atom. The number of nitrogens with one attached hydrogen (secondary N) is 1.